The first kappa shape index (κ1) is 7.94. The Morgan fingerprint density at radius 1 is 1.50 bits per heavy atom. The van der Waals surface area contributed by atoms with Gasteiger partial charge in [-0.3, -0.25) is 0 Å². The van der Waals surface area contributed by atoms with Crippen LogP contribution in [0, 0.1) is 0 Å². The summed E-state index contributed by atoms with van der Waals surface area (Å²) in [6.45, 7) is 1.92. The summed E-state index contributed by atoms with van der Waals surface area (Å²) in [4.78, 5) is 0. The molecule has 4 nitrogen and oxygen atoms in total. The number of hydrogen-bond donors (Lipinski definition) is 2. The van der Waals surface area contributed by atoms with Crippen molar-refractivity contribution in [3.63, 3.8) is 0 Å². The number of hydrogen-bond acceptors (Lipinski definition) is 4. The third-order valence-corrected chi connectivity index (χ3v) is 1.45. The van der Waals surface area contributed by atoms with Gasteiger partial charge in [0.2, 0.25) is 0 Å². The molecule has 0 radical (unpaired) electrons. The molecule has 0 aromatic rings. The lowest BCUT2D eigenvalue weighted by atomic mass is 10.3. The van der Waals surface area contributed by atoms with Crippen LogP contribution in [-0.2, 0) is 9.47 Å². The topological polar surface area (TPSA) is 58.9 Å². The van der Waals surface area contributed by atoms with Gasteiger partial charge < -0.3 is 19.7 Å². The zero-order valence-electron chi connectivity index (χ0n) is 5.91. The van der Waals surface area contributed by atoms with E-state index in [0.29, 0.717) is 0 Å². The van der Waals surface area contributed by atoms with Crippen LogP contribution in [0.3, 0.4) is 0 Å². The van der Waals surface area contributed by atoms with Crippen molar-refractivity contribution < 1.29 is 19.7 Å². The molecule has 0 aromatic carbocycles. The van der Waals surface area contributed by atoms with Crippen LogP contribution in [0.1, 0.15) is 6.92 Å². The SMILES string of the molecule is CC1(CO)OCC(O)CO1. The van der Waals surface area contributed by atoms with Gasteiger partial charge in [0.05, 0.1) is 19.8 Å². The Morgan fingerprint density at radius 3 is 2.40 bits per heavy atom. The molecular formula is C6H12O4. The Bertz CT molecular complexity index is 106. The monoisotopic (exact) mass is 148 g/mol. The van der Waals surface area contributed by atoms with E-state index in [0.717, 1.165) is 0 Å². The maximum absolute atomic E-state index is 8.91. The molecule has 0 amide bonds. The van der Waals surface area contributed by atoms with Gasteiger partial charge in [0.25, 0.3) is 0 Å². The van der Waals surface area contributed by atoms with Crippen molar-refractivity contribution in [2.24, 2.45) is 0 Å². The maximum atomic E-state index is 8.91. The third kappa shape index (κ3) is 1.67. The van der Waals surface area contributed by atoms with Gasteiger partial charge >= 0.3 is 0 Å². The van der Waals surface area contributed by atoms with E-state index >= 15 is 0 Å². The van der Waals surface area contributed by atoms with Gasteiger partial charge in [-0.05, 0) is 6.92 Å². The molecule has 1 fully saturated rings. The van der Waals surface area contributed by atoms with Crippen LogP contribution < -0.4 is 0 Å². The highest BCUT2D eigenvalue weighted by atomic mass is 16.7. The van der Waals surface area contributed by atoms with Gasteiger partial charge in [-0.2, -0.15) is 0 Å². The van der Waals surface area contributed by atoms with Crippen molar-refractivity contribution >= 4 is 0 Å². The predicted octanol–water partition coefficient (Wildman–Crippen LogP) is -0.897. The lowest BCUT2D eigenvalue weighted by Gasteiger charge is -2.34. The van der Waals surface area contributed by atoms with Crippen LogP contribution in [0.5, 0.6) is 0 Å². The summed E-state index contributed by atoms with van der Waals surface area (Å²) in [5.74, 6) is -0.904. The Labute approximate surface area is 59.4 Å². The average molecular weight is 148 g/mol. The third-order valence-electron chi connectivity index (χ3n) is 1.45. The summed E-state index contributed by atoms with van der Waals surface area (Å²) in [6, 6.07) is 0. The molecule has 1 heterocycles. The fourth-order valence-electron chi connectivity index (χ4n) is 0.726. The van der Waals surface area contributed by atoms with Gasteiger partial charge in [-0.25, -0.2) is 0 Å². The second kappa shape index (κ2) is 2.84. The number of ether oxygens (including phenoxy) is 2. The van der Waals surface area contributed by atoms with Crippen molar-refractivity contribution in [3.8, 4) is 0 Å². The minimum Gasteiger partial charge on any atom is -0.391 e. The lowest BCUT2D eigenvalue weighted by Crippen LogP contribution is -2.46. The highest BCUT2D eigenvalue weighted by molar-refractivity contribution is 4.68. The first-order valence-electron chi connectivity index (χ1n) is 3.23. The van der Waals surface area contributed by atoms with Crippen molar-refractivity contribution in [1.29, 1.82) is 0 Å². The van der Waals surface area contributed by atoms with Crippen molar-refractivity contribution in [2.45, 2.75) is 18.8 Å². The first-order valence-corrected chi connectivity index (χ1v) is 3.23. The Morgan fingerprint density at radius 2 is 2.00 bits per heavy atom. The van der Waals surface area contributed by atoms with E-state index in [1.165, 1.54) is 0 Å². The second-order valence-corrected chi connectivity index (χ2v) is 2.57. The molecular weight excluding hydrogens is 136 g/mol. The second-order valence-electron chi connectivity index (χ2n) is 2.57. The summed E-state index contributed by atoms with van der Waals surface area (Å²) < 4.78 is 10.0. The average Bonchev–Trinajstić information content (AvgIpc) is 1.96. The molecule has 0 saturated carbocycles. The van der Waals surface area contributed by atoms with E-state index in [9.17, 15) is 0 Å². The van der Waals surface area contributed by atoms with Crippen LogP contribution in [0.25, 0.3) is 0 Å². The molecule has 1 rings (SSSR count). The molecule has 0 bridgehead atoms. The van der Waals surface area contributed by atoms with E-state index in [1.807, 2.05) is 0 Å². The lowest BCUT2D eigenvalue weighted by molar-refractivity contribution is -0.294. The van der Waals surface area contributed by atoms with Gasteiger partial charge in [-0.15, -0.1) is 0 Å². The van der Waals surface area contributed by atoms with E-state index in [1.54, 1.807) is 6.92 Å². The number of aliphatic hydroxyl groups is 2. The van der Waals surface area contributed by atoms with Crippen molar-refractivity contribution in [3.05, 3.63) is 0 Å². The van der Waals surface area contributed by atoms with E-state index < -0.39 is 11.9 Å². The molecule has 0 unspecified atom stereocenters. The van der Waals surface area contributed by atoms with Crippen LogP contribution >= 0.6 is 0 Å². The zero-order chi connectivity index (χ0) is 7.61. The maximum Gasteiger partial charge on any atom is 0.188 e. The highest BCUT2D eigenvalue weighted by Crippen LogP contribution is 2.16. The molecule has 1 saturated heterocycles. The van der Waals surface area contributed by atoms with E-state index in [-0.39, 0.29) is 19.8 Å². The van der Waals surface area contributed by atoms with Crippen LogP contribution in [0.4, 0.5) is 0 Å². The molecule has 0 atom stereocenters. The van der Waals surface area contributed by atoms with Crippen LogP contribution in [0.2, 0.25) is 0 Å². The quantitative estimate of drug-likeness (QED) is 0.506. The molecule has 1 aliphatic heterocycles. The molecule has 0 aliphatic carbocycles. The summed E-state index contributed by atoms with van der Waals surface area (Å²) >= 11 is 0. The van der Waals surface area contributed by atoms with Crippen LogP contribution in [-0.4, -0.2) is 41.9 Å². The van der Waals surface area contributed by atoms with Crippen LogP contribution in [0.15, 0.2) is 0 Å². The minimum atomic E-state index is -0.904. The predicted molar refractivity (Wildman–Crippen MR) is 33.4 cm³/mol. The van der Waals surface area contributed by atoms with E-state index in [4.69, 9.17) is 19.7 Å². The number of aliphatic hydroxyl groups excluding tert-OH is 2. The Balaban J connectivity index is 2.38. The van der Waals surface area contributed by atoms with Crippen molar-refractivity contribution in [1.82, 2.24) is 0 Å². The van der Waals surface area contributed by atoms with Gasteiger partial charge in [0.15, 0.2) is 5.79 Å². The van der Waals surface area contributed by atoms with Gasteiger partial charge in [0, 0.05) is 0 Å². The fraction of sp³-hybridized carbons (Fsp3) is 1.00. The summed E-state index contributed by atoms with van der Waals surface area (Å²) in [5, 5.41) is 17.6. The van der Waals surface area contributed by atoms with Gasteiger partial charge in [-0.1, -0.05) is 0 Å². The van der Waals surface area contributed by atoms with E-state index in [2.05, 4.69) is 0 Å². The highest BCUT2D eigenvalue weighted by Gasteiger charge is 2.31. The number of rotatable bonds is 1. The molecule has 10 heavy (non-hydrogen) atoms. The molecule has 4 heteroatoms. The minimum absolute atomic E-state index is 0.181. The zero-order valence-corrected chi connectivity index (χ0v) is 5.91. The fourth-order valence-corrected chi connectivity index (χ4v) is 0.726. The summed E-state index contributed by atoms with van der Waals surface area (Å²) in [5.41, 5.74) is 0. The molecule has 1 aliphatic rings. The van der Waals surface area contributed by atoms with Crippen molar-refractivity contribution in [2.75, 3.05) is 19.8 Å². The smallest absolute Gasteiger partial charge is 0.188 e. The largest absolute Gasteiger partial charge is 0.391 e. The first-order chi connectivity index (χ1) is 4.66. The molecule has 0 spiro atoms. The normalized spacial score (nSPS) is 41.7. The molecule has 2 N–H and O–H groups in total. The Hall–Kier alpha value is -0.160. The summed E-state index contributed by atoms with van der Waals surface area (Å²) in [6.07, 6.45) is -0.556. The Kier molecular flexibility index (Phi) is 2.25. The van der Waals surface area contributed by atoms with Gasteiger partial charge in [0.1, 0.15) is 6.10 Å². The molecule has 60 valence electrons. The molecule has 0 aromatic heterocycles. The standard InChI is InChI=1S/C6H12O4/c1-6(4-7)9-2-5(8)3-10-6/h5,7-8H,2-4H2,1H3. The summed E-state index contributed by atoms with van der Waals surface area (Å²) in [7, 11) is 0.